The summed E-state index contributed by atoms with van der Waals surface area (Å²) in [5.41, 5.74) is 6.06. The summed E-state index contributed by atoms with van der Waals surface area (Å²) in [7, 11) is 0. The van der Waals surface area contributed by atoms with Gasteiger partial charge in [-0.2, -0.15) is 0 Å². The molecule has 3 heteroatoms. The summed E-state index contributed by atoms with van der Waals surface area (Å²) in [6.45, 7) is 0. The smallest absolute Gasteiger partial charge is 0.189 e. The number of hydrogen-bond acceptors (Lipinski definition) is 1. The van der Waals surface area contributed by atoms with Gasteiger partial charge in [0.15, 0.2) is 5.96 Å². The van der Waals surface area contributed by atoms with Gasteiger partial charge in [-0.3, -0.25) is 4.99 Å². The van der Waals surface area contributed by atoms with Crippen molar-refractivity contribution in [1.82, 2.24) is 5.32 Å². The van der Waals surface area contributed by atoms with Gasteiger partial charge in [0.05, 0.1) is 6.04 Å². The van der Waals surface area contributed by atoms with Crippen LogP contribution >= 0.6 is 0 Å². The number of hydrogen-bond donors (Lipinski definition) is 2. The highest BCUT2D eigenvalue weighted by Crippen LogP contribution is 2.20. The van der Waals surface area contributed by atoms with Crippen LogP contribution in [-0.4, -0.2) is 18.0 Å². The molecule has 0 unspecified atom stereocenters. The quantitative estimate of drug-likeness (QED) is 0.584. The normalized spacial score (nSPS) is 25.4. The Labute approximate surface area is 112 Å². The van der Waals surface area contributed by atoms with Crippen LogP contribution in [0.25, 0.3) is 0 Å². The van der Waals surface area contributed by atoms with Crippen LogP contribution in [0, 0.1) is 0 Å². The maximum Gasteiger partial charge on any atom is 0.189 e. The minimum atomic E-state index is 0.474. The third kappa shape index (κ3) is 4.87. The Morgan fingerprint density at radius 1 is 0.778 bits per heavy atom. The van der Waals surface area contributed by atoms with E-state index in [1.807, 2.05) is 0 Å². The van der Waals surface area contributed by atoms with Crippen LogP contribution in [0.4, 0.5) is 0 Å². The first-order valence-electron chi connectivity index (χ1n) is 7.94. The Morgan fingerprint density at radius 3 is 1.94 bits per heavy atom. The van der Waals surface area contributed by atoms with E-state index in [-0.39, 0.29) is 0 Å². The average molecular weight is 251 g/mol. The van der Waals surface area contributed by atoms with Crippen molar-refractivity contribution >= 4 is 5.96 Å². The van der Waals surface area contributed by atoms with Crippen LogP contribution in [0.15, 0.2) is 4.99 Å². The van der Waals surface area contributed by atoms with Gasteiger partial charge >= 0.3 is 0 Å². The van der Waals surface area contributed by atoms with E-state index >= 15 is 0 Å². The fraction of sp³-hybridized carbons (Fsp3) is 0.933. The molecule has 2 aliphatic carbocycles. The van der Waals surface area contributed by atoms with Gasteiger partial charge in [-0.05, 0) is 25.7 Å². The largest absolute Gasteiger partial charge is 0.370 e. The number of rotatable bonds is 2. The molecule has 2 aliphatic rings. The Kier molecular flexibility index (Phi) is 5.82. The van der Waals surface area contributed by atoms with Gasteiger partial charge in [0.25, 0.3) is 0 Å². The molecule has 3 N–H and O–H groups in total. The summed E-state index contributed by atoms with van der Waals surface area (Å²) in [4.78, 5) is 4.72. The lowest BCUT2D eigenvalue weighted by molar-refractivity contribution is 0.409. The van der Waals surface area contributed by atoms with Crippen molar-refractivity contribution in [1.29, 1.82) is 0 Å². The summed E-state index contributed by atoms with van der Waals surface area (Å²) in [5.74, 6) is 0.701. The fourth-order valence-electron chi connectivity index (χ4n) is 3.25. The second-order valence-corrected chi connectivity index (χ2v) is 5.99. The molecule has 2 fully saturated rings. The standard InChI is InChI=1S/C15H29N3/c16-15(18-14-11-7-4-8-12-14)17-13-9-5-2-1-3-6-10-13/h13-14H,1-12H2,(H3,16,17,18). The number of nitrogens with zero attached hydrogens (tertiary/aromatic N) is 1. The monoisotopic (exact) mass is 251 g/mol. The van der Waals surface area contributed by atoms with Gasteiger partial charge in [0.1, 0.15) is 0 Å². The van der Waals surface area contributed by atoms with Crippen LogP contribution in [0.3, 0.4) is 0 Å². The van der Waals surface area contributed by atoms with Crippen molar-refractivity contribution in [3.05, 3.63) is 0 Å². The molecule has 0 saturated heterocycles. The molecule has 0 aromatic rings. The molecule has 0 spiro atoms. The molecule has 104 valence electrons. The summed E-state index contributed by atoms with van der Waals surface area (Å²) in [5, 5.41) is 3.43. The Morgan fingerprint density at radius 2 is 1.28 bits per heavy atom. The van der Waals surface area contributed by atoms with E-state index in [1.165, 1.54) is 77.0 Å². The minimum Gasteiger partial charge on any atom is -0.370 e. The summed E-state index contributed by atoms with van der Waals surface area (Å²) < 4.78 is 0. The van der Waals surface area contributed by atoms with E-state index in [0.717, 1.165) is 0 Å². The zero-order chi connectivity index (χ0) is 12.6. The third-order valence-corrected chi connectivity index (χ3v) is 4.35. The van der Waals surface area contributed by atoms with Gasteiger partial charge in [0, 0.05) is 6.04 Å². The Hall–Kier alpha value is -0.730. The van der Waals surface area contributed by atoms with E-state index in [1.54, 1.807) is 0 Å². The molecule has 0 heterocycles. The van der Waals surface area contributed by atoms with Crippen LogP contribution in [0.5, 0.6) is 0 Å². The summed E-state index contributed by atoms with van der Waals surface area (Å²) in [6, 6.07) is 1.05. The summed E-state index contributed by atoms with van der Waals surface area (Å²) >= 11 is 0. The SMILES string of the molecule is NC(=NC1CCCCCCC1)NC1CCCCC1. The molecule has 3 nitrogen and oxygen atoms in total. The molecule has 0 aliphatic heterocycles. The van der Waals surface area contributed by atoms with E-state index in [0.29, 0.717) is 18.0 Å². The van der Waals surface area contributed by atoms with Gasteiger partial charge in [-0.25, -0.2) is 0 Å². The highest BCUT2D eigenvalue weighted by atomic mass is 15.1. The van der Waals surface area contributed by atoms with Crippen molar-refractivity contribution < 1.29 is 0 Å². The van der Waals surface area contributed by atoms with Crippen LogP contribution in [0.2, 0.25) is 0 Å². The van der Waals surface area contributed by atoms with E-state index in [2.05, 4.69) is 5.32 Å². The van der Waals surface area contributed by atoms with Crippen molar-refractivity contribution in [2.45, 2.75) is 89.1 Å². The molecule has 0 atom stereocenters. The van der Waals surface area contributed by atoms with Gasteiger partial charge in [-0.15, -0.1) is 0 Å². The lowest BCUT2D eigenvalue weighted by Gasteiger charge is -2.24. The fourth-order valence-corrected chi connectivity index (χ4v) is 3.25. The van der Waals surface area contributed by atoms with Crippen LogP contribution in [0.1, 0.15) is 77.0 Å². The molecule has 18 heavy (non-hydrogen) atoms. The lowest BCUT2D eigenvalue weighted by atomic mass is 9.95. The first-order valence-corrected chi connectivity index (χ1v) is 7.94. The molecule has 2 rings (SSSR count). The van der Waals surface area contributed by atoms with E-state index in [4.69, 9.17) is 10.7 Å². The molecule has 0 radical (unpaired) electrons. The minimum absolute atomic E-state index is 0.474. The van der Waals surface area contributed by atoms with Gasteiger partial charge < -0.3 is 11.1 Å². The number of nitrogens with two attached hydrogens (primary N) is 1. The Balaban J connectivity index is 1.77. The average Bonchev–Trinajstić information content (AvgIpc) is 2.34. The highest BCUT2D eigenvalue weighted by Gasteiger charge is 2.15. The van der Waals surface area contributed by atoms with Crippen LogP contribution < -0.4 is 11.1 Å². The molecule has 0 amide bonds. The van der Waals surface area contributed by atoms with Crippen molar-refractivity contribution in [3.8, 4) is 0 Å². The predicted molar refractivity (Wildman–Crippen MR) is 77.7 cm³/mol. The lowest BCUT2D eigenvalue weighted by Crippen LogP contribution is -2.41. The predicted octanol–water partition coefficient (Wildman–Crippen LogP) is 3.34. The van der Waals surface area contributed by atoms with Gasteiger partial charge in [-0.1, -0.05) is 51.4 Å². The Bertz CT molecular complexity index is 248. The van der Waals surface area contributed by atoms with Crippen molar-refractivity contribution in [3.63, 3.8) is 0 Å². The summed E-state index contributed by atoms with van der Waals surface area (Å²) in [6.07, 6.45) is 15.9. The number of guanidine groups is 1. The number of nitrogens with one attached hydrogen (secondary N) is 1. The molecular weight excluding hydrogens is 222 g/mol. The van der Waals surface area contributed by atoms with Crippen molar-refractivity contribution in [2.75, 3.05) is 0 Å². The molecular formula is C15H29N3. The number of aliphatic imine (C=N–C) groups is 1. The first-order chi connectivity index (χ1) is 8.84. The third-order valence-electron chi connectivity index (χ3n) is 4.35. The topological polar surface area (TPSA) is 50.4 Å². The molecule has 0 bridgehead atoms. The zero-order valence-corrected chi connectivity index (χ0v) is 11.7. The molecule has 0 aromatic heterocycles. The zero-order valence-electron chi connectivity index (χ0n) is 11.7. The first kappa shape index (κ1) is 13.7. The second kappa shape index (κ2) is 7.65. The van der Waals surface area contributed by atoms with Gasteiger partial charge in [0.2, 0.25) is 0 Å². The second-order valence-electron chi connectivity index (χ2n) is 5.99. The van der Waals surface area contributed by atoms with Crippen LogP contribution in [-0.2, 0) is 0 Å². The van der Waals surface area contributed by atoms with E-state index < -0.39 is 0 Å². The molecule has 2 saturated carbocycles. The highest BCUT2D eigenvalue weighted by molar-refractivity contribution is 5.78. The van der Waals surface area contributed by atoms with E-state index in [9.17, 15) is 0 Å². The molecule has 0 aromatic carbocycles. The van der Waals surface area contributed by atoms with Crippen molar-refractivity contribution in [2.24, 2.45) is 10.7 Å². The maximum atomic E-state index is 6.06. The maximum absolute atomic E-state index is 6.06.